The van der Waals surface area contributed by atoms with Crippen LogP contribution in [0.3, 0.4) is 0 Å². The van der Waals surface area contributed by atoms with Crippen molar-refractivity contribution in [3.63, 3.8) is 0 Å². The van der Waals surface area contributed by atoms with Crippen molar-refractivity contribution in [3.8, 4) is 16.8 Å². The van der Waals surface area contributed by atoms with E-state index in [1.807, 2.05) is 0 Å². The summed E-state index contributed by atoms with van der Waals surface area (Å²) in [6, 6.07) is 9.47. The molecule has 1 amide bonds. The molecule has 2 aromatic carbocycles. The van der Waals surface area contributed by atoms with E-state index in [1.54, 1.807) is 23.1 Å². The Morgan fingerprint density at radius 1 is 1.06 bits per heavy atom. The number of aromatic nitrogens is 2. The van der Waals surface area contributed by atoms with Crippen LogP contribution in [0.1, 0.15) is 10.4 Å². The van der Waals surface area contributed by atoms with Crippen LogP contribution in [0.2, 0.25) is 10.0 Å². The number of amides is 1. The number of carbonyl (C=O) groups is 1. The van der Waals surface area contributed by atoms with E-state index in [4.69, 9.17) is 23.2 Å². The second-order valence-corrected chi connectivity index (χ2v) is 9.46. The van der Waals surface area contributed by atoms with Gasteiger partial charge in [-0.1, -0.05) is 23.2 Å². The van der Waals surface area contributed by atoms with Crippen LogP contribution in [0.25, 0.3) is 27.8 Å². The van der Waals surface area contributed by atoms with Gasteiger partial charge in [-0.3, -0.25) is 9.36 Å². The highest BCUT2D eigenvalue weighted by Crippen LogP contribution is 2.37. The average Bonchev–Trinajstić information content (AvgIpc) is 3.07. The Bertz CT molecular complexity index is 1500. The largest absolute Gasteiger partial charge is 0.299 e. The van der Waals surface area contributed by atoms with E-state index in [-0.39, 0.29) is 15.7 Å². The van der Waals surface area contributed by atoms with Crippen LogP contribution in [-0.2, 0) is 10.0 Å². The van der Waals surface area contributed by atoms with E-state index in [0.29, 0.717) is 22.2 Å². The predicted octanol–water partition coefficient (Wildman–Crippen LogP) is 4.97. The summed E-state index contributed by atoms with van der Waals surface area (Å²) in [5.74, 6) is -2.62. The highest BCUT2D eigenvalue weighted by Gasteiger charge is 2.21. The average molecular weight is 496 g/mol. The van der Waals surface area contributed by atoms with Gasteiger partial charge >= 0.3 is 0 Å². The lowest BCUT2D eigenvalue weighted by molar-refractivity contribution is 0.0978. The fourth-order valence-corrected chi connectivity index (χ4v) is 4.25. The van der Waals surface area contributed by atoms with Crippen LogP contribution in [0.5, 0.6) is 0 Å². The molecule has 32 heavy (non-hydrogen) atoms. The molecule has 0 atom stereocenters. The van der Waals surface area contributed by atoms with Gasteiger partial charge in [0.2, 0.25) is 10.0 Å². The molecule has 0 aliphatic heterocycles. The first-order chi connectivity index (χ1) is 15.0. The molecule has 0 unspecified atom stereocenters. The maximum absolute atomic E-state index is 14.8. The third-order valence-corrected chi connectivity index (χ3v) is 5.77. The molecule has 1 N–H and O–H groups in total. The third kappa shape index (κ3) is 4.19. The molecule has 0 saturated carbocycles. The third-order valence-electron chi connectivity index (χ3n) is 4.60. The number of fused-ring (bicyclic) bond motifs is 1. The number of rotatable bonds is 4. The van der Waals surface area contributed by atoms with Gasteiger partial charge in [-0.2, -0.15) is 0 Å². The number of benzene rings is 2. The molecule has 4 rings (SSSR count). The summed E-state index contributed by atoms with van der Waals surface area (Å²) in [6.07, 6.45) is 3.93. The first-order valence-corrected chi connectivity index (χ1v) is 11.6. The molecule has 2 aromatic heterocycles. The first-order valence-electron chi connectivity index (χ1n) is 8.98. The minimum atomic E-state index is -3.89. The number of hydrogen-bond acceptors (Lipinski definition) is 4. The molecule has 0 aliphatic carbocycles. The van der Waals surface area contributed by atoms with Gasteiger partial charge in [0.15, 0.2) is 0 Å². The van der Waals surface area contributed by atoms with Crippen LogP contribution >= 0.6 is 23.2 Å². The Labute approximate surface area is 191 Å². The standard InChI is InChI=1S/C21H13Cl2F2N3O3S/c1-32(30,31)27-21(29)14-8-17(23)19(9-18(14)25)28-10-15(13-3-2-6-26-20(13)28)12-5-4-11(24)7-16(12)22/h2-10H,1H3,(H,27,29). The SMILES string of the molecule is CS(=O)(=O)NC(=O)c1cc(Cl)c(-n2cc(-c3ccc(F)cc3Cl)c3cccnc32)cc1F. The van der Waals surface area contributed by atoms with Crippen LogP contribution in [0, 0.1) is 11.6 Å². The van der Waals surface area contributed by atoms with Crippen LogP contribution in [0.4, 0.5) is 8.78 Å². The van der Waals surface area contributed by atoms with Gasteiger partial charge in [-0.05, 0) is 36.4 Å². The molecule has 0 saturated heterocycles. The maximum atomic E-state index is 14.8. The number of nitrogens with zero attached hydrogens (tertiary/aromatic N) is 2. The Balaban J connectivity index is 1.90. The zero-order valence-electron chi connectivity index (χ0n) is 16.2. The van der Waals surface area contributed by atoms with E-state index in [2.05, 4.69) is 4.98 Å². The lowest BCUT2D eigenvalue weighted by Crippen LogP contribution is -2.30. The van der Waals surface area contributed by atoms with Crippen molar-refractivity contribution in [2.45, 2.75) is 0 Å². The summed E-state index contributed by atoms with van der Waals surface area (Å²) in [5, 5.41) is 0.804. The monoisotopic (exact) mass is 495 g/mol. The molecule has 6 nitrogen and oxygen atoms in total. The van der Waals surface area contributed by atoms with Crippen molar-refractivity contribution in [2.24, 2.45) is 0 Å². The topological polar surface area (TPSA) is 81.1 Å². The van der Waals surface area contributed by atoms with Gasteiger partial charge in [0.1, 0.15) is 17.3 Å². The number of halogens is 4. The first kappa shape index (κ1) is 22.2. The molecule has 0 aliphatic rings. The second kappa shape index (κ2) is 8.16. The molecule has 0 spiro atoms. The van der Waals surface area contributed by atoms with Crippen molar-refractivity contribution in [2.75, 3.05) is 6.26 Å². The number of nitrogens with one attached hydrogen (secondary N) is 1. The Morgan fingerprint density at radius 2 is 1.81 bits per heavy atom. The predicted molar refractivity (Wildman–Crippen MR) is 119 cm³/mol. The zero-order valence-corrected chi connectivity index (χ0v) is 18.6. The Kier molecular flexibility index (Phi) is 5.66. The molecular formula is C21H13Cl2F2N3O3S. The van der Waals surface area contributed by atoms with Crippen LogP contribution < -0.4 is 4.72 Å². The lowest BCUT2D eigenvalue weighted by Gasteiger charge is -2.11. The summed E-state index contributed by atoms with van der Waals surface area (Å²) in [5.41, 5.74) is 1.18. The second-order valence-electron chi connectivity index (χ2n) is 6.90. The van der Waals surface area contributed by atoms with Crippen LogP contribution in [0.15, 0.2) is 54.9 Å². The molecule has 0 fully saturated rings. The van der Waals surface area contributed by atoms with Gasteiger partial charge < -0.3 is 0 Å². The van der Waals surface area contributed by atoms with E-state index in [0.717, 1.165) is 18.4 Å². The van der Waals surface area contributed by atoms with Gasteiger partial charge in [0.25, 0.3) is 5.91 Å². The van der Waals surface area contributed by atoms with Crippen molar-refractivity contribution in [3.05, 3.63) is 82.1 Å². The van der Waals surface area contributed by atoms with Crippen molar-refractivity contribution >= 4 is 50.2 Å². The van der Waals surface area contributed by atoms with E-state index < -0.39 is 33.1 Å². The molecular weight excluding hydrogens is 483 g/mol. The highest BCUT2D eigenvalue weighted by molar-refractivity contribution is 7.89. The van der Waals surface area contributed by atoms with Crippen molar-refractivity contribution in [1.82, 2.24) is 14.3 Å². The molecule has 0 radical (unpaired) electrons. The number of hydrogen-bond donors (Lipinski definition) is 1. The van der Waals surface area contributed by atoms with Gasteiger partial charge in [-0.25, -0.2) is 26.9 Å². The maximum Gasteiger partial charge on any atom is 0.267 e. The van der Waals surface area contributed by atoms with Gasteiger partial charge in [-0.15, -0.1) is 0 Å². The van der Waals surface area contributed by atoms with E-state index >= 15 is 0 Å². The lowest BCUT2D eigenvalue weighted by atomic mass is 10.1. The summed E-state index contributed by atoms with van der Waals surface area (Å²) in [7, 11) is -3.89. The quantitative estimate of drug-likeness (QED) is 0.433. The Hall–Kier alpha value is -3.01. The normalized spacial score (nSPS) is 11.7. The summed E-state index contributed by atoms with van der Waals surface area (Å²) in [4.78, 5) is 16.4. The smallest absolute Gasteiger partial charge is 0.267 e. The van der Waals surface area contributed by atoms with E-state index in [9.17, 15) is 22.0 Å². The highest BCUT2D eigenvalue weighted by atomic mass is 35.5. The zero-order chi connectivity index (χ0) is 23.2. The molecule has 164 valence electrons. The number of carbonyl (C=O) groups excluding carboxylic acids is 1. The molecule has 0 bridgehead atoms. The minimum Gasteiger partial charge on any atom is -0.299 e. The fourth-order valence-electron chi connectivity index (χ4n) is 3.28. The summed E-state index contributed by atoms with van der Waals surface area (Å²) >= 11 is 12.6. The fraction of sp³-hybridized carbons (Fsp3) is 0.0476. The molecule has 11 heteroatoms. The summed E-state index contributed by atoms with van der Waals surface area (Å²) in [6.45, 7) is 0. The molecule has 4 aromatic rings. The summed E-state index contributed by atoms with van der Waals surface area (Å²) < 4.78 is 54.1. The van der Waals surface area contributed by atoms with E-state index in [1.165, 1.54) is 29.0 Å². The molecule has 2 heterocycles. The number of sulfonamides is 1. The van der Waals surface area contributed by atoms with Crippen molar-refractivity contribution in [1.29, 1.82) is 0 Å². The Morgan fingerprint density at radius 3 is 2.50 bits per heavy atom. The van der Waals surface area contributed by atoms with Crippen molar-refractivity contribution < 1.29 is 22.0 Å². The van der Waals surface area contributed by atoms with Gasteiger partial charge in [0, 0.05) is 35.0 Å². The van der Waals surface area contributed by atoms with Gasteiger partial charge in [0.05, 0.1) is 27.6 Å². The van der Waals surface area contributed by atoms with Crippen LogP contribution in [-0.4, -0.2) is 30.1 Å². The minimum absolute atomic E-state index is 0.0237. The number of pyridine rings is 1.